The molecule has 1 aromatic carbocycles. The highest BCUT2D eigenvalue weighted by Gasteiger charge is 2.19. The zero-order valence-electron chi connectivity index (χ0n) is 9.86. The lowest BCUT2D eigenvalue weighted by Gasteiger charge is -2.14. The van der Waals surface area contributed by atoms with Gasteiger partial charge in [-0.05, 0) is 18.1 Å². The molecule has 94 valence electrons. The maximum Gasteiger partial charge on any atom is 0.333 e. The van der Waals surface area contributed by atoms with E-state index in [0.29, 0.717) is 18.1 Å². The largest absolute Gasteiger partial charge is 0.479 e. The van der Waals surface area contributed by atoms with Crippen molar-refractivity contribution in [1.82, 2.24) is 0 Å². The molecule has 0 aliphatic carbocycles. The summed E-state index contributed by atoms with van der Waals surface area (Å²) in [5.41, 5.74) is 0.804. The summed E-state index contributed by atoms with van der Waals surface area (Å²) in [4.78, 5) is 11.0. The van der Waals surface area contributed by atoms with Gasteiger partial charge in [0.15, 0.2) is 6.10 Å². The molecule has 0 saturated carbocycles. The molecule has 0 unspecified atom stereocenters. The topological polar surface area (TPSA) is 46.5 Å². The fourth-order valence-corrected chi connectivity index (χ4v) is 1.66. The predicted molar refractivity (Wildman–Crippen MR) is 67.4 cm³/mol. The third-order valence-electron chi connectivity index (χ3n) is 2.46. The molecule has 0 aliphatic rings. The highest BCUT2D eigenvalue weighted by Crippen LogP contribution is 2.17. The highest BCUT2D eigenvalue weighted by atomic mass is 35.5. The van der Waals surface area contributed by atoms with Crippen molar-refractivity contribution in [3.05, 3.63) is 34.9 Å². The predicted octanol–water partition coefficient (Wildman–Crippen LogP) is 3.15. The van der Waals surface area contributed by atoms with Crippen LogP contribution in [0, 0.1) is 0 Å². The van der Waals surface area contributed by atoms with Gasteiger partial charge in [-0.2, -0.15) is 0 Å². The van der Waals surface area contributed by atoms with E-state index in [1.54, 1.807) is 6.07 Å². The van der Waals surface area contributed by atoms with Crippen molar-refractivity contribution in [3.63, 3.8) is 0 Å². The molecule has 0 heterocycles. The van der Waals surface area contributed by atoms with Crippen LogP contribution in [0.4, 0.5) is 0 Å². The number of carbonyl (C=O) groups is 1. The Morgan fingerprint density at radius 3 is 2.76 bits per heavy atom. The van der Waals surface area contributed by atoms with Crippen LogP contribution in [0.5, 0.6) is 0 Å². The number of carboxylic acid groups (broad SMARTS) is 1. The standard InChI is InChI=1S/C13H17ClO3/c1-2-3-8-17-12(13(15)16)9-10-6-4-5-7-11(10)14/h4-7,12H,2-3,8-9H2,1H3,(H,15,16)/t12-/m0/s1. The lowest BCUT2D eigenvalue weighted by Crippen LogP contribution is -2.27. The Kier molecular flexibility index (Phi) is 6.01. The van der Waals surface area contributed by atoms with E-state index in [1.807, 2.05) is 25.1 Å². The number of halogens is 1. The van der Waals surface area contributed by atoms with Crippen LogP contribution in [-0.4, -0.2) is 23.8 Å². The molecule has 1 atom stereocenters. The van der Waals surface area contributed by atoms with E-state index >= 15 is 0 Å². The zero-order valence-corrected chi connectivity index (χ0v) is 10.6. The third kappa shape index (κ3) is 4.75. The van der Waals surface area contributed by atoms with Gasteiger partial charge in [-0.3, -0.25) is 0 Å². The summed E-state index contributed by atoms with van der Waals surface area (Å²) in [6.07, 6.45) is 1.34. The van der Waals surface area contributed by atoms with Gasteiger partial charge in [-0.25, -0.2) is 4.79 Å². The number of ether oxygens (including phenoxy) is 1. The van der Waals surface area contributed by atoms with Gasteiger partial charge in [0.1, 0.15) is 0 Å². The van der Waals surface area contributed by atoms with Gasteiger partial charge in [-0.15, -0.1) is 0 Å². The van der Waals surface area contributed by atoms with Crippen molar-refractivity contribution in [2.75, 3.05) is 6.61 Å². The lowest BCUT2D eigenvalue weighted by atomic mass is 10.1. The SMILES string of the molecule is CCCCO[C@@H](Cc1ccccc1Cl)C(=O)O. The fourth-order valence-electron chi connectivity index (χ4n) is 1.45. The van der Waals surface area contributed by atoms with Crippen molar-refractivity contribution in [2.45, 2.75) is 32.3 Å². The molecule has 3 nitrogen and oxygen atoms in total. The first-order valence-corrected chi connectivity index (χ1v) is 6.10. The molecule has 0 amide bonds. The molecule has 17 heavy (non-hydrogen) atoms. The molecule has 4 heteroatoms. The number of carboxylic acids is 1. The van der Waals surface area contributed by atoms with Gasteiger partial charge in [-0.1, -0.05) is 43.1 Å². The van der Waals surface area contributed by atoms with E-state index in [1.165, 1.54) is 0 Å². The number of aliphatic carboxylic acids is 1. The van der Waals surface area contributed by atoms with E-state index in [-0.39, 0.29) is 0 Å². The van der Waals surface area contributed by atoms with E-state index in [0.717, 1.165) is 18.4 Å². The van der Waals surface area contributed by atoms with E-state index in [2.05, 4.69) is 0 Å². The first-order chi connectivity index (χ1) is 8.15. The monoisotopic (exact) mass is 256 g/mol. The van der Waals surface area contributed by atoms with Crippen LogP contribution >= 0.6 is 11.6 Å². The van der Waals surface area contributed by atoms with Gasteiger partial charge in [0.25, 0.3) is 0 Å². The molecule has 0 radical (unpaired) electrons. The summed E-state index contributed by atoms with van der Waals surface area (Å²) < 4.78 is 5.34. The van der Waals surface area contributed by atoms with Crippen LogP contribution in [0.15, 0.2) is 24.3 Å². The number of hydrogen-bond donors (Lipinski definition) is 1. The van der Waals surface area contributed by atoms with Crippen LogP contribution < -0.4 is 0 Å². The van der Waals surface area contributed by atoms with E-state index in [4.69, 9.17) is 21.4 Å². The molecule has 1 aromatic rings. The Morgan fingerprint density at radius 2 is 2.18 bits per heavy atom. The molecular weight excluding hydrogens is 240 g/mol. The maximum absolute atomic E-state index is 11.0. The van der Waals surface area contributed by atoms with Gasteiger partial charge >= 0.3 is 5.97 Å². The molecule has 0 aromatic heterocycles. The fraction of sp³-hybridized carbons (Fsp3) is 0.462. The number of hydrogen-bond acceptors (Lipinski definition) is 2. The second-order valence-corrected chi connectivity index (χ2v) is 4.25. The average molecular weight is 257 g/mol. The molecule has 0 fully saturated rings. The third-order valence-corrected chi connectivity index (χ3v) is 2.82. The summed E-state index contributed by atoms with van der Waals surface area (Å²) in [6, 6.07) is 7.23. The Morgan fingerprint density at radius 1 is 1.47 bits per heavy atom. The van der Waals surface area contributed by atoms with Crippen molar-refractivity contribution < 1.29 is 14.6 Å². The molecule has 0 saturated heterocycles. The molecule has 0 aliphatic heterocycles. The van der Waals surface area contributed by atoms with Gasteiger partial charge in [0, 0.05) is 18.1 Å². The minimum absolute atomic E-state index is 0.304. The van der Waals surface area contributed by atoms with Crippen molar-refractivity contribution in [2.24, 2.45) is 0 Å². The van der Waals surface area contributed by atoms with E-state index < -0.39 is 12.1 Å². The van der Waals surface area contributed by atoms with Crippen LogP contribution in [-0.2, 0) is 16.0 Å². The van der Waals surface area contributed by atoms with Gasteiger partial charge < -0.3 is 9.84 Å². The summed E-state index contributed by atoms with van der Waals surface area (Å²) in [6.45, 7) is 2.51. The van der Waals surface area contributed by atoms with Crippen molar-refractivity contribution >= 4 is 17.6 Å². The van der Waals surface area contributed by atoms with Crippen LogP contribution in [0.2, 0.25) is 5.02 Å². The summed E-state index contributed by atoms with van der Waals surface area (Å²) in [7, 11) is 0. The maximum atomic E-state index is 11.0. The van der Waals surface area contributed by atoms with Crippen molar-refractivity contribution in [3.8, 4) is 0 Å². The van der Waals surface area contributed by atoms with Crippen LogP contribution in [0.25, 0.3) is 0 Å². The molecule has 1 N–H and O–H groups in total. The summed E-state index contributed by atoms with van der Waals surface area (Å²) in [5, 5.41) is 9.64. The van der Waals surface area contributed by atoms with Crippen molar-refractivity contribution in [1.29, 1.82) is 0 Å². The molecule has 1 rings (SSSR count). The number of unbranched alkanes of at least 4 members (excludes halogenated alkanes) is 1. The number of rotatable bonds is 7. The Labute approximate surface area is 106 Å². The molecular formula is C13H17ClO3. The van der Waals surface area contributed by atoms with E-state index in [9.17, 15) is 4.79 Å². The second kappa shape index (κ2) is 7.30. The quantitative estimate of drug-likeness (QED) is 0.763. The first-order valence-electron chi connectivity index (χ1n) is 5.73. The normalized spacial score (nSPS) is 12.4. The second-order valence-electron chi connectivity index (χ2n) is 3.85. The smallest absolute Gasteiger partial charge is 0.333 e. The summed E-state index contributed by atoms with van der Waals surface area (Å²) >= 11 is 5.99. The average Bonchev–Trinajstić information content (AvgIpc) is 2.30. The number of benzene rings is 1. The Hall–Kier alpha value is -1.06. The molecule has 0 bridgehead atoms. The first kappa shape index (κ1) is 14.0. The minimum Gasteiger partial charge on any atom is -0.479 e. The molecule has 0 spiro atoms. The Bertz CT molecular complexity index is 365. The Balaban J connectivity index is 2.61. The minimum atomic E-state index is -0.943. The van der Waals surface area contributed by atoms with Crippen LogP contribution in [0.3, 0.4) is 0 Å². The summed E-state index contributed by atoms with van der Waals surface area (Å²) in [5.74, 6) is -0.943. The zero-order chi connectivity index (χ0) is 12.7. The van der Waals surface area contributed by atoms with Gasteiger partial charge in [0.05, 0.1) is 0 Å². The lowest BCUT2D eigenvalue weighted by molar-refractivity contribution is -0.150. The van der Waals surface area contributed by atoms with Crippen LogP contribution in [0.1, 0.15) is 25.3 Å². The van der Waals surface area contributed by atoms with Gasteiger partial charge in [0.2, 0.25) is 0 Å². The highest BCUT2D eigenvalue weighted by molar-refractivity contribution is 6.31.